The Balaban J connectivity index is 2.68. The topological polar surface area (TPSA) is 64.4 Å². The molecule has 0 radical (unpaired) electrons. The van der Waals surface area contributed by atoms with Gasteiger partial charge >= 0.3 is 0 Å². The summed E-state index contributed by atoms with van der Waals surface area (Å²) in [4.78, 5) is 12.0. The van der Waals surface area contributed by atoms with Gasteiger partial charge in [-0.05, 0) is 18.6 Å². The van der Waals surface area contributed by atoms with Crippen LogP contribution in [0.2, 0.25) is 5.02 Å². The number of carbonyl (C=O) groups is 1. The summed E-state index contributed by atoms with van der Waals surface area (Å²) in [5, 5.41) is 3.45. The van der Waals surface area contributed by atoms with Crippen molar-refractivity contribution in [1.29, 1.82) is 0 Å². The van der Waals surface area contributed by atoms with E-state index in [1.165, 1.54) is 0 Å². The lowest BCUT2D eigenvalue weighted by molar-refractivity contribution is -0.125. The van der Waals surface area contributed by atoms with Gasteiger partial charge in [-0.15, -0.1) is 0 Å². The van der Waals surface area contributed by atoms with Gasteiger partial charge in [-0.1, -0.05) is 31.0 Å². The lowest BCUT2D eigenvalue weighted by Crippen LogP contribution is -2.34. The molecule has 1 rings (SSSR count). The van der Waals surface area contributed by atoms with Gasteiger partial charge in [0, 0.05) is 23.7 Å². The maximum absolute atomic E-state index is 12.0. The fourth-order valence-corrected chi connectivity index (χ4v) is 2.16. The van der Waals surface area contributed by atoms with Gasteiger partial charge < -0.3 is 15.8 Å². The van der Waals surface area contributed by atoms with E-state index in [1.54, 1.807) is 13.2 Å². The Morgan fingerprint density at radius 2 is 2.26 bits per heavy atom. The minimum Gasteiger partial charge on any atom is -0.496 e. The van der Waals surface area contributed by atoms with Crippen LogP contribution in [-0.4, -0.2) is 19.6 Å². The molecule has 5 heteroatoms. The summed E-state index contributed by atoms with van der Waals surface area (Å²) in [7, 11) is 1.58. The second-order valence-electron chi connectivity index (χ2n) is 4.36. The Bertz CT molecular complexity index is 424. The van der Waals surface area contributed by atoms with E-state index in [1.807, 2.05) is 19.1 Å². The minimum atomic E-state index is -0.140. The third-order valence-corrected chi connectivity index (χ3v) is 3.38. The predicted octanol–water partition coefficient (Wildman–Crippen LogP) is 2.34. The molecule has 0 aliphatic rings. The molecular weight excluding hydrogens is 264 g/mol. The van der Waals surface area contributed by atoms with Gasteiger partial charge in [-0.3, -0.25) is 4.79 Å². The molecule has 3 N–H and O–H groups in total. The number of nitrogens with one attached hydrogen (secondary N) is 1. The molecule has 0 fully saturated rings. The van der Waals surface area contributed by atoms with Crippen LogP contribution in [0.1, 0.15) is 25.3 Å². The van der Waals surface area contributed by atoms with Crippen molar-refractivity contribution in [3.63, 3.8) is 0 Å². The summed E-state index contributed by atoms with van der Waals surface area (Å²) in [6.07, 6.45) is 1.73. The largest absolute Gasteiger partial charge is 0.496 e. The monoisotopic (exact) mass is 284 g/mol. The summed E-state index contributed by atoms with van der Waals surface area (Å²) >= 11 is 6.11. The molecule has 0 saturated carbocycles. The van der Waals surface area contributed by atoms with Crippen LogP contribution < -0.4 is 15.8 Å². The zero-order valence-corrected chi connectivity index (χ0v) is 12.2. The molecule has 0 heterocycles. The van der Waals surface area contributed by atoms with Crippen LogP contribution in [0.25, 0.3) is 0 Å². The highest BCUT2D eigenvalue weighted by molar-refractivity contribution is 6.31. The van der Waals surface area contributed by atoms with Crippen LogP contribution in [0.4, 0.5) is 0 Å². The Morgan fingerprint density at radius 3 is 2.84 bits per heavy atom. The Hall–Kier alpha value is -1.26. The fourth-order valence-electron chi connectivity index (χ4n) is 1.93. The minimum absolute atomic E-state index is 0.0358. The van der Waals surface area contributed by atoms with Gasteiger partial charge in [-0.25, -0.2) is 0 Å². The third kappa shape index (κ3) is 4.40. The van der Waals surface area contributed by atoms with Crippen molar-refractivity contribution in [1.82, 2.24) is 5.32 Å². The smallest absolute Gasteiger partial charge is 0.224 e. The first-order valence-electron chi connectivity index (χ1n) is 6.43. The molecule has 4 nitrogen and oxygen atoms in total. The van der Waals surface area contributed by atoms with E-state index in [9.17, 15) is 4.79 Å². The highest BCUT2D eigenvalue weighted by Crippen LogP contribution is 2.25. The standard InChI is InChI=1S/C14H21ClN2O2/c1-3-5-10(8-16)14(18)17-9-11-12(15)6-4-7-13(11)19-2/h4,6-7,10H,3,5,8-9,16H2,1-2H3,(H,17,18). The van der Waals surface area contributed by atoms with Gasteiger partial charge in [0.2, 0.25) is 5.91 Å². The molecule has 1 aromatic carbocycles. The SMILES string of the molecule is CCCC(CN)C(=O)NCc1c(Cl)cccc1OC. The molecular formula is C14H21ClN2O2. The van der Waals surface area contributed by atoms with Crippen molar-refractivity contribution >= 4 is 17.5 Å². The van der Waals surface area contributed by atoms with Crippen LogP contribution in [0, 0.1) is 5.92 Å². The summed E-state index contributed by atoms with van der Waals surface area (Å²) in [6, 6.07) is 5.41. The van der Waals surface area contributed by atoms with E-state index < -0.39 is 0 Å². The van der Waals surface area contributed by atoms with Gasteiger partial charge in [0.15, 0.2) is 0 Å². The van der Waals surface area contributed by atoms with Gasteiger partial charge in [0.05, 0.1) is 13.0 Å². The summed E-state index contributed by atoms with van der Waals surface area (Å²) in [5.41, 5.74) is 6.39. The van der Waals surface area contributed by atoms with Crippen molar-refractivity contribution < 1.29 is 9.53 Å². The average molecular weight is 285 g/mol. The molecule has 1 unspecified atom stereocenters. The molecule has 1 atom stereocenters. The lowest BCUT2D eigenvalue weighted by atomic mass is 10.0. The number of ether oxygens (including phenoxy) is 1. The van der Waals surface area contributed by atoms with Crippen LogP contribution in [0.3, 0.4) is 0 Å². The first-order valence-corrected chi connectivity index (χ1v) is 6.81. The van der Waals surface area contributed by atoms with E-state index in [2.05, 4.69) is 5.32 Å². The zero-order valence-electron chi connectivity index (χ0n) is 11.4. The van der Waals surface area contributed by atoms with Crippen molar-refractivity contribution in [2.75, 3.05) is 13.7 Å². The van der Waals surface area contributed by atoms with E-state index in [4.69, 9.17) is 22.1 Å². The second kappa shape index (κ2) is 8.02. The van der Waals surface area contributed by atoms with Crippen molar-refractivity contribution in [3.8, 4) is 5.75 Å². The lowest BCUT2D eigenvalue weighted by Gasteiger charge is -2.15. The summed E-state index contributed by atoms with van der Waals surface area (Å²) < 4.78 is 5.23. The summed E-state index contributed by atoms with van der Waals surface area (Å²) in [6.45, 7) is 2.74. The normalized spacial score (nSPS) is 12.0. The molecule has 1 amide bonds. The Labute approximate surface area is 119 Å². The molecule has 106 valence electrons. The number of rotatable bonds is 7. The molecule has 0 aliphatic heterocycles. The first kappa shape index (κ1) is 15.8. The number of benzene rings is 1. The Morgan fingerprint density at radius 1 is 1.53 bits per heavy atom. The highest BCUT2D eigenvalue weighted by atomic mass is 35.5. The zero-order chi connectivity index (χ0) is 14.3. The Kier molecular flexibility index (Phi) is 6.67. The number of halogens is 1. The molecule has 1 aromatic rings. The number of hydrogen-bond acceptors (Lipinski definition) is 3. The number of amides is 1. The van der Waals surface area contributed by atoms with Crippen molar-refractivity contribution in [3.05, 3.63) is 28.8 Å². The molecule has 19 heavy (non-hydrogen) atoms. The maximum Gasteiger partial charge on any atom is 0.224 e. The summed E-state index contributed by atoms with van der Waals surface area (Å²) in [5.74, 6) is 0.498. The van der Waals surface area contributed by atoms with Crippen LogP contribution in [0.15, 0.2) is 18.2 Å². The van der Waals surface area contributed by atoms with E-state index in [0.717, 1.165) is 18.4 Å². The number of carbonyl (C=O) groups excluding carboxylic acids is 1. The number of hydrogen-bond donors (Lipinski definition) is 2. The van der Waals surface area contributed by atoms with Crippen LogP contribution in [0.5, 0.6) is 5.75 Å². The average Bonchev–Trinajstić information content (AvgIpc) is 2.42. The van der Waals surface area contributed by atoms with Gasteiger partial charge in [0.25, 0.3) is 0 Å². The maximum atomic E-state index is 12.0. The predicted molar refractivity (Wildman–Crippen MR) is 77.3 cm³/mol. The van der Waals surface area contributed by atoms with Crippen molar-refractivity contribution in [2.24, 2.45) is 11.7 Å². The molecule has 0 aromatic heterocycles. The van der Waals surface area contributed by atoms with E-state index in [0.29, 0.717) is 23.9 Å². The van der Waals surface area contributed by atoms with E-state index >= 15 is 0 Å². The van der Waals surface area contributed by atoms with Crippen molar-refractivity contribution in [2.45, 2.75) is 26.3 Å². The molecule has 0 bridgehead atoms. The number of nitrogens with two attached hydrogens (primary N) is 1. The first-order chi connectivity index (χ1) is 9.13. The number of methoxy groups -OCH3 is 1. The van der Waals surface area contributed by atoms with E-state index in [-0.39, 0.29) is 11.8 Å². The van der Waals surface area contributed by atoms with Crippen LogP contribution >= 0.6 is 11.6 Å². The van der Waals surface area contributed by atoms with Gasteiger partial charge in [0.1, 0.15) is 5.75 Å². The highest BCUT2D eigenvalue weighted by Gasteiger charge is 2.16. The van der Waals surface area contributed by atoms with Gasteiger partial charge in [-0.2, -0.15) is 0 Å². The molecule has 0 saturated heterocycles. The molecule has 0 aliphatic carbocycles. The second-order valence-corrected chi connectivity index (χ2v) is 4.77. The molecule has 0 spiro atoms. The fraction of sp³-hybridized carbons (Fsp3) is 0.500. The van der Waals surface area contributed by atoms with Crippen LogP contribution in [-0.2, 0) is 11.3 Å². The quantitative estimate of drug-likeness (QED) is 0.808. The third-order valence-electron chi connectivity index (χ3n) is 3.03.